The van der Waals surface area contributed by atoms with Gasteiger partial charge in [-0.3, -0.25) is 0 Å². The van der Waals surface area contributed by atoms with Gasteiger partial charge < -0.3 is 20.1 Å². The molecule has 4 rings (SSSR count). The van der Waals surface area contributed by atoms with Crippen molar-refractivity contribution in [2.24, 2.45) is 22.7 Å². The van der Waals surface area contributed by atoms with Crippen molar-refractivity contribution in [3.05, 3.63) is 35.5 Å². The van der Waals surface area contributed by atoms with Crippen LogP contribution in [0.2, 0.25) is 0 Å². The van der Waals surface area contributed by atoms with Crippen LogP contribution in [-0.2, 0) is 4.74 Å². The van der Waals surface area contributed by atoms with Gasteiger partial charge in [-0.25, -0.2) is 0 Å². The summed E-state index contributed by atoms with van der Waals surface area (Å²) < 4.78 is 6.28. The summed E-state index contributed by atoms with van der Waals surface area (Å²) in [5.41, 5.74) is 3.53. The Kier molecular flexibility index (Phi) is 8.37. The van der Waals surface area contributed by atoms with Crippen molar-refractivity contribution >= 4 is 0 Å². The van der Waals surface area contributed by atoms with Crippen LogP contribution in [0.3, 0.4) is 0 Å². The van der Waals surface area contributed by atoms with E-state index < -0.39 is 17.8 Å². The van der Waals surface area contributed by atoms with Crippen LogP contribution in [0.15, 0.2) is 35.5 Å². The van der Waals surface area contributed by atoms with Gasteiger partial charge in [0.15, 0.2) is 0 Å². The minimum atomic E-state index is -0.622. The molecule has 3 N–H and O–H groups in total. The fourth-order valence-corrected chi connectivity index (χ4v) is 7.85. The van der Waals surface area contributed by atoms with Gasteiger partial charge in [0.2, 0.25) is 0 Å². The summed E-state index contributed by atoms with van der Waals surface area (Å²) in [5, 5.41) is 30.8. The second-order valence-corrected chi connectivity index (χ2v) is 12.6. The second kappa shape index (κ2) is 10.8. The van der Waals surface area contributed by atoms with Gasteiger partial charge in [-0.1, -0.05) is 45.1 Å². The first kappa shape index (κ1) is 27.1. The highest BCUT2D eigenvalue weighted by Gasteiger charge is 2.61. The van der Waals surface area contributed by atoms with Crippen LogP contribution < -0.4 is 0 Å². The molecule has 5 atom stereocenters. The predicted octanol–water partition coefficient (Wildman–Crippen LogP) is 6.26. The van der Waals surface area contributed by atoms with Crippen molar-refractivity contribution < 1.29 is 20.1 Å². The number of ether oxygens (including phenoxy) is 1. The summed E-state index contributed by atoms with van der Waals surface area (Å²) in [7, 11) is 0. The van der Waals surface area contributed by atoms with Gasteiger partial charge in [0, 0.05) is 13.0 Å². The number of aliphatic hydroxyl groups excluding tert-OH is 2. The summed E-state index contributed by atoms with van der Waals surface area (Å²) in [6, 6.07) is 0. The lowest BCUT2D eigenvalue weighted by Gasteiger charge is -2.45. The monoisotopic (exact) mass is 486 g/mol. The van der Waals surface area contributed by atoms with E-state index in [-0.39, 0.29) is 0 Å². The molecule has 4 heteroatoms. The van der Waals surface area contributed by atoms with E-state index in [1.165, 1.54) is 38.5 Å². The van der Waals surface area contributed by atoms with Gasteiger partial charge in [0.1, 0.15) is 0 Å². The van der Waals surface area contributed by atoms with E-state index in [9.17, 15) is 15.3 Å². The first-order valence-electron chi connectivity index (χ1n) is 14.4. The molecule has 0 radical (unpaired) electrons. The lowest BCUT2D eigenvalue weighted by Crippen LogP contribution is -2.39. The van der Waals surface area contributed by atoms with E-state index in [4.69, 9.17) is 4.74 Å². The van der Waals surface area contributed by atoms with E-state index >= 15 is 0 Å². The predicted molar refractivity (Wildman–Crippen MR) is 142 cm³/mol. The highest BCUT2D eigenvalue weighted by Crippen LogP contribution is 2.68. The van der Waals surface area contributed by atoms with Crippen LogP contribution in [0.4, 0.5) is 0 Å². The average molecular weight is 487 g/mol. The molecule has 4 saturated carbocycles. The molecule has 0 bridgehead atoms. The van der Waals surface area contributed by atoms with Gasteiger partial charge in [0.05, 0.1) is 24.4 Å². The molecule has 198 valence electrons. The Morgan fingerprint density at radius 2 is 1.86 bits per heavy atom. The molecule has 0 aromatic rings. The largest absolute Gasteiger partial charge is 0.393 e. The maximum absolute atomic E-state index is 10.5. The van der Waals surface area contributed by atoms with E-state index in [1.54, 1.807) is 5.57 Å². The van der Waals surface area contributed by atoms with Crippen molar-refractivity contribution in [3.8, 4) is 0 Å². The van der Waals surface area contributed by atoms with Gasteiger partial charge in [-0.05, 0) is 111 Å². The normalized spacial score (nSPS) is 37.1. The van der Waals surface area contributed by atoms with Crippen LogP contribution >= 0.6 is 0 Å². The Bertz CT molecular complexity index is 818. The van der Waals surface area contributed by atoms with Crippen LogP contribution in [0.1, 0.15) is 104 Å². The smallest absolute Gasteiger partial charge is 0.0811 e. The third kappa shape index (κ3) is 5.66. The van der Waals surface area contributed by atoms with Crippen LogP contribution in [-0.4, -0.2) is 46.3 Å². The molecule has 0 unspecified atom stereocenters. The molecule has 4 aliphatic rings. The van der Waals surface area contributed by atoms with E-state index in [2.05, 4.69) is 39.5 Å². The Morgan fingerprint density at radius 3 is 2.54 bits per heavy atom. The first-order chi connectivity index (χ1) is 16.7. The number of aliphatic hydroxyl groups is 3. The zero-order valence-corrected chi connectivity index (χ0v) is 22.5. The van der Waals surface area contributed by atoms with Crippen LogP contribution in [0.5, 0.6) is 0 Å². The Labute approximate surface area is 213 Å². The molecule has 35 heavy (non-hydrogen) atoms. The molecule has 0 spiro atoms. The average Bonchev–Trinajstić information content (AvgIpc) is 3.52. The number of rotatable bonds is 10. The molecule has 4 nitrogen and oxygen atoms in total. The third-order valence-electron chi connectivity index (χ3n) is 10.5. The summed E-state index contributed by atoms with van der Waals surface area (Å²) in [6.45, 7) is 12.4. The summed E-state index contributed by atoms with van der Waals surface area (Å²) in [5.74, 6) is 1.36. The molecule has 4 aliphatic carbocycles. The minimum Gasteiger partial charge on any atom is -0.393 e. The number of fused-ring (bicyclic) bond motifs is 1. The molecule has 0 aromatic heterocycles. The maximum atomic E-state index is 10.5. The lowest BCUT2D eigenvalue weighted by atomic mass is 9.60. The van der Waals surface area contributed by atoms with E-state index in [0.717, 1.165) is 62.4 Å². The molecular weight excluding hydrogens is 436 g/mol. The van der Waals surface area contributed by atoms with Crippen LogP contribution in [0.25, 0.3) is 0 Å². The van der Waals surface area contributed by atoms with Crippen LogP contribution in [0, 0.1) is 22.7 Å². The fourth-order valence-electron chi connectivity index (χ4n) is 7.85. The van der Waals surface area contributed by atoms with Gasteiger partial charge >= 0.3 is 0 Å². The van der Waals surface area contributed by atoms with Gasteiger partial charge in [-0.2, -0.15) is 0 Å². The van der Waals surface area contributed by atoms with Crippen molar-refractivity contribution in [2.45, 2.75) is 122 Å². The summed E-state index contributed by atoms with van der Waals surface area (Å²) in [4.78, 5) is 0. The minimum absolute atomic E-state index is 0.343. The fraction of sp³-hybridized carbons (Fsp3) is 0.806. The molecule has 0 saturated heterocycles. The van der Waals surface area contributed by atoms with Gasteiger partial charge in [-0.15, -0.1) is 0 Å². The number of hydrogen-bond acceptors (Lipinski definition) is 4. The standard InChI is InChI=1S/C31H50O4/c1-5-31(34,6-2)15-8-18-35-21-30(16-17-30)28-13-12-26-23(9-7-14-29(26,28)4)10-11-24-19-25(32)20-27(33)22(24)3/h10-11,25-28,32-34H,3,5-9,12-21H2,1-2,4H3/b23-10+,24-11-/t25-,26+,27+,28+,29+/m1/s1. The van der Waals surface area contributed by atoms with Gasteiger partial charge in [0.25, 0.3) is 0 Å². The zero-order chi connectivity index (χ0) is 25.3. The first-order valence-corrected chi connectivity index (χ1v) is 14.4. The second-order valence-electron chi connectivity index (χ2n) is 12.6. The van der Waals surface area contributed by atoms with Crippen molar-refractivity contribution in [3.63, 3.8) is 0 Å². The molecule has 0 aliphatic heterocycles. The topological polar surface area (TPSA) is 69.9 Å². The zero-order valence-electron chi connectivity index (χ0n) is 22.5. The molecular formula is C31H50O4. The SMILES string of the molecule is C=C1/C(=C\C=C2/CCC[C@]3(C)[C@@H](C4(COCCCC(O)(CC)CC)CC4)CC[C@@H]23)C[C@@H](O)C[C@@H]1O. The van der Waals surface area contributed by atoms with Crippen molar-refractivity contribution in [1.82, 2.24) is 0 Å². The van der Waals surface area contributed by atoms with Crippen molar-refractivity contribution in [1.29, 1.82) is 0 Å². The summed E-state index contributed by atoms with van der Waals surface area (Å²) >= 11 is 0. The molecule has 0 heterocycles. The maximum Gasteiger partial charge on any atom is 0.0811 e. The lowest BCUT2D eigenvalue weighted by molar-refractivity contribution is -0.00669. The Balaban J connectivity index is 1.38. The Morgan fingerprint density at radius 1 is 1.11 bits per heavy atom. The molecule has 4 fully saturated rings. The third-order valence-corrected chi connectivity index (χ3v) is 10.5. The van der Waals surface area contributed by atoms with E-state index in [1.807, 2.05) is 0 Å². The van der Waals surface area contributed by atoms with Crippen molar-refractivity contribution in [2.75, 3.05) is 13.2 Å². The number of allylic oxidation sites excluding steroid dienone is 3. The molecule has 0 amide bonds. The Hall–Kier alpha value is -0.940. The number of hydrogen-bond donors (Lipinski definition) is 3. The van der Waals surface area contributed by atoms with E-state index in [0.29, 0.717) is 29.6 Å². The highest BCUT2D eigenvalue weighted by atomic mass is 16.5. The highest BCUT2D eigenvalue weighted by molar-refractivity contribution is 5.38. The summed E-state index contributed by atoms with van der Waals surface area (Å²) in [6.07, 6.45) is 16.6. The quantitative estimate of drug-likeness (QED) is 0.319. The molecule has 0 aromatic carbocycles.